The lowest BCUT2D eigenvalue weighted by molar-refractivity contribution is 0.102. The van der Waals surface area contributed by atoms with Gasteiger partial charge in [0.15, 0.2) is 5.82 Å². The average Bonchev–Trinajstić information content (AvgIpc) is 3.20. The Labute approximate surface area is 168 Å². The molecule has 0 atom stereocenters. The molecule has 0 saturated heterocycles. The third-order valence-electron chi connectivity index (χ3n) is 4.65. The molecule has 0 radical (unpaired) electrons. The van der Waals surface area contributed by atoms with Gasteiger partial charge in [-0.1, -0.05) is 17.3 Å². The van der Waals surface area contributed by atoms with E-state index < -0.39 is 0 Å². The van der Waals surface area contributed by atoms with Gasteiger partial charge in [0.1, 0.15) is 10.6 Å². The van der Waals surface area contributed by atoms with Crippen molar-refractivity contribution < 1.29 is 9.18 Å². The maximum Gasteiger partial charge on any atom is 0.267 e. The summed E-state index contributed by atoms with van der Waals surface area (Å²) in [6.07, 6.45) is 1.43. The molecule has 0 saturated carbocycles. The van der Waals surface area contributed by atoms with Crippen LogP contribution in [0.2, 0.25) is 0 Å². The molecular weight excluding hydrogens is 395 g/mol. The van der Waals surface area contributed by atoms with Gasteiger partial charge in [-0.25, -0.2) is 14.1 Å². The molecule has 29 heavy (non-hydrogen) atoms. The molecule has 10 heteroatoms. The quantitative estimate of drug-likeness (QED) is 0.556. The summed E-state index contributed by atoms with van der Waals surface area (Å²) in [5, 5.41) is 11.3. The molecule has 0 unspecified atom stereocenters. The van der Waals surface area contributed by atoms with E-state index >= 15 is 0 Å². The molecule has 1 N–H and O–H groups in total. The zero-order chi connectivity index (χ0) is 20.7. The van der Waals surface area contributed by atoms with E-state index in [0.29, 0.717) is 38.7 Å². The lowest BCUT2D eigenvalue weighted by Crippen LogP contribution is -2.17. The van der Waals surface area contributed by atoms with Crippen molar-refractivity contribution in [3.8, 4) is 0 Å². The number of thiophene rings is 1. The second-order valence-electron chi connectivity index (χ2n) is 6.66. The zero-order valence-electron chi connectivity index (χ0n) is 15.9. The first kappa shape index (κ1) is 18.9. The van der Waals surface area contributed by atoms with Crippen molar-refractivity contribution in [3.63, 3.8) is 0 Å². The van der Waals surface area contributed by atoms with Crippen LogP contribution in [0.5, 0.6) is 0 Å². The third-order valence-corrected chi connectivity index (χ3v) is 5.85. The summed E-state index contributed by atoms with van der Waals surface area (Å²) in [7, 11) is 1.62. The number of rotatable bonds is 4. The number of aryl methyl sites for hydroxylation is 2. The van der Waals surface area contributed by atoms with Crippen molar-refractivity contribution >= 4 is 33.3 Å². The average molecular weight is 412 g/mol. The van der Waals surface area contributed by atoms with Crippen LogP contribution in [0.3, 0.4) is 0 Å². The number of amides is 1. The molecule has 3 aromatic heterocycles. The van der Waals surface area contributed by atoms with Crippen LogP contribution in [0.4, 0.5) is 10.2 Å². The maximum atomic E-state index is 13.4. The molecule has 4 rings (SSSR count). The summed E-state index contributed by atoms with van der Waals surface area (Å²) in [5.74, 6) is -0.397. The summed E-state index contributed by atoms with van der Waals surface area (Å²) in [6.45, 7) is 3.82. The fraction of sp³-hybridized carbons (Fsp3) is 0.211. The van der Waals surface area contributed by atoms with E-state index in [2.05, 4.69) is 20.6 Å². The van der Waals surface area contributed by atoms with E-state index in [0.717, 1.165) is 16.9 Å². The predicted molar refractivity (Wildman–Crippen MR) is 108 cm³/mol. The van der Waals surface area contributed by atoms with Gasteiger partial charge < -0.3 is 9.88 Å². The number of nitrogens with one attached hydrogen (secondary N) is 1. The minimum Gasteiger partial charge on any atom is -0.303 e. The smallest absolute Gasteiger partial charge is 0.267 e. The van der Waals surface area contributed by atoms with Crippen LogP contribution in [0.1, 0.15) is 26.5 Å². The first-order chi connectivity index (χ1) is 13.8. The molecule has 0 aliphatic heterocycles. The number of anilines is 1. The summed E-state index contributed by atoms with van der Waals surface area (Å²) >= 11 is 1.16. The number of carbonyl (C=O) groups excluding carboxylic acids is 1. The minimum atomic E-state index is -0.381. The lowest BCUT2D eigenvalue weighted by atomic mass is 10.2. The first-order valence-electron chi connectivity index (χ1n) is 8.75. The zero-order valence-corrected chi connectivity index (χ0v) is 16.7. The number of aromatic nitrogens is 5. The van der Waals surface area contributed by atoms with Crippen LogP contribution in [0, 0.1) is 19.7 Å². The van der Waals surface area contributed by atoms with E-state index in [1.807, 2.05) is 0 Å². The van der Waals surface area contributed by atoms with Gasteiger partial charge in [0.05, 0.1) is 28.8 Å². The van der Waals surface area contributed by atoms with Gasteiger partial charge in [-0.05, 0) is 37.1 Å². The normalized spacial score (nSPS) is 11.2. The molecule has 8 nitrogen and oxygen atoms in total. The third kappa shape index (κ3) is 3.42. The Morgan fingerprint density at radius 3 is 2.86 bits per heavy atom. The molecule has 0 spiro atoms. The molecule has 0 fully saturated rings. The first-order valence-corrected chi connectivity index (χ1v) is 9.57. The van der Waals surface area contributed by atoms with Gasteiger partial charge >= 0.3 is 0 Å². The van der Waals surface area contributed by atoms with E-state index in [1.54, 1.807) is 37.7 Å². The number of carbonyl (C=O) groups is 1. The topological polar surface area (TPSA) is 94.7 Å². The highest BCUT2D eigenvalue weighted by Gasteiger charge is 2.21. The highest BCUT2D eigenvalue weighted by Crippen LogP contribution is 2.27. The Bertz CT molecular complexity index is 1310. The van der Waals surface area contributed by atoms with E-state index in [4.69, 9.17) is 0 Å². The highest BCUT2D eigenvalue weighted by atomic mass is 32.1. The summed E-state index contributed by atoms with van der Waals surface area (Å²) in [5.41, 5.74) is 1.76. The molecule has 0 aliphatic carbocycles. The molecule has 4 aromatic rings. The molecule has 3 heterocycles. The SMILES string of the molecule is Cc1c(C(=O)Nc2nnn(Cc3cccc(F)c3)c2C)sc2ncn(C)c(=O)c12. The van der Waals surface area contributed by atoms with Crippen molar-refractivity contribution in [1.29, 1.82) is 0 Å². The Balaban J connectivity index is 1.60. The summed E-state index contributed by atoms with van der Waals surface area (Å²) in [6, 6.07) is 6.21. The number of halogens is 1. The van der Waals surface area contributed by atoms with Crippen LogP contribution in [-0.2, 0) is 13.6 Å². The van der Waals surface area contributed by atoms with Gasteiger partial charge in [0.25, 0.3) is 11.5 Å². The molecule has 1 amide bonds. The molecule has 0 bridgehead atoms. The lowest BCUT2D eigenvalue weighted by Gasteiger charge is -2.05. The van der Waals surface area contributed by atoms with Gasteiger partial charge in [-0.2, -0.15) is 0 Å². The fourth-order valence-corrected chi connectivity index (χ4v) is 4.06. The van der Waals surface area contributed by atoms with Crippen molar-refractivity contribution in [2.45, 2.75) is 20.4 Å². The monoisotopic (exact) mass is 412 g/mol. The van der Waals surface area contributed by atoms with E-state index in [-0.39, 0.29) is 17.3 Å². The molecular formula is C19H17FN6O2S. The standard InChI is InChI=1S/C19H17FN6O2S/c1-10-14-18(21-9-25(3)19(14)28)29-15(10)17(27)22-16-11(2)26(24-23-16)8-12-5-4-6-13(20)7-12/h4-7,9H,8H2,1-3H3,(H,22,27). The van der Waals surface area contributed by atoms with Crippen LogP contribution in [-0.4, -0.2) is 30.5 Å². The second kappa shape index (κ2) is 7.21. The van der Waals surface area contributed by atoms with Crippen molar-refractivity contribution in [2.24, 2.45) is 7.05 Å². The van der Waals surface area contributed by atoms with Crippen LogP contribution < -0.4 is 10.9 Å². The Morgan fingerprint density at radius 1 is 1.31 bits per heavy atom. The number of benzene rings is 1. The van der Waals surface area contributed by atoms with Gasteiger partial charge in [0, 0.05) is 7.05 Å². The van der Waals surface area contributed by atoms with Crippen LogP contribution in [0.25, 0.3) is 10.2 Å². The van der Waals surface area contributed by atoms with Crippen molar-refractivity contribution in [1.82, 2.24) is 24.5 Å². The second-order valence-corrected chi connectivity index (χ2v) is 7.66. The maximum absolute atomic E-state index is 13.4. The van der Waals surface area contributed by atoms with Crippen LogP contribution >= 0.6 is 11.3 Å². The predicted octanol–water partition coefficient (Wildman–Crippen LogP) is 2.64. The van der Waals surface area contributed by atoms with Gasteiger partial charge in [-0.15, -0.1) is 16.4 Å². The van der Waals surface area contributed by atoms with E-state index in [1.165, 1.54) is 23.0 Å². The van der Waals surface area contributed by atoms with E-state index in [9.17, 15) is 14.0 Å². The van der Waals surface area contributed by atoms with Crippen molar-refractivity contribution in [3.05, 3.63) is 68.5 Å². The van der Waals surface area contributed by atoms with Crippen molar-refractivity contribution in [2.75, 3.05) is 5.32 Å². The van der Waals surface area contributed by atoms with Gasteiger partial charge in [-0.3, -0.25) is 9.59 Å². The number of fused-ring (bicyclic) bond motifs is 1. The minimum absolute atomic E-state index is 0.194. The highest BCUT2D eigenvalue weighted by molar-refractivity contribution is 7.20. The number of nitrogens with zero attached hydrogens (tertiary/aromatic N) is 5. The summed E-state index contributed by atoms with van der Waals surface area (Å²) in [4.78, 5) is 30.3. The largest absolute Gasteiger partial charge is 0.303 e. The Morgan fingerprint density at radius 2 is 2.10 bits per heavy atom. The van der Waals surface area contributed by atoms with Gasteiger partial charge in [0.2, 0.25) is 0 Å². The number of hydrogen-bond donors (Lipinski definition) is 1. The summed E-state index contributed by atoms with van der Waals surface area (Å²) < 4.78 is 16.3. The fourth-order valence-electron chi connectivity index (χ4n) is 3.02. The molecule has 1 aromatic carbocycles. The number of hydrogen-bond acceptors (Lipinski definition) is 6. The Kier molecular flexibility index (Phi) is 4.71. The molecule has 0 aliphatic rings. The Hall–Kier alpha value is -3.40. The van der Waals surface area contributed by atoms with Crippen LogP contribution in [0.15, 0.2) is 35.4 Å². The molecule has 148 valence electrons.